The van der Waals surface area contributed by atoms with Crippen molar-refractivity contribution >= 4 is 17.2 Å². The highest BCUT2D eigenvalue weighted by atomic mass is 32.1. The molecule has 1 amide bonds. The van der Waals surface area contributed by atoms with Crippen molar-refractivity contribution in [1.82, 2.24) is 10.2 Å². The molecule has 0 aromatic carbocycles. The minimum Gasteiger partial charge on any atom is -0.339 e. The second kappa shape index (κ2) is 5.41. The molecule has 0 aliphatic carbocycles. The van der Waals surface area contributed by atoms with Crippen molar-refractivity contribution in [1.29, 1.82) is 0 Å². The maximum atomic E-state index is 12.1. The van der Waals surface area contributed by atoms with Crippen molar-refractivity contribution in [3.63, 3.8) is 0 Å². The predicted molar refractivity (Wildman–Crippen MR) is 73.7 cm³/mol. The van der Waals surface area contributed by atoms with Gasteiger partial charge >= 0.3 is 0 Å². The second-order valence-electron chi connectivity index (χ2n) is 5.28. The van der Waals surface area contributed by atoms with Gasteiger partial charge in [-0.25, -0.2) is 0 Å². The van der Waals surface area contributed by atoms with Crippen LogP contribution < -0.4 is 5.32 Å². The normalized spacial score (nSPS) is 28.2. The van der Waals surface area contributed by atoms with Crippen LogP contribution in [0.1, 0.15) is 24.1 Å². The van der Waals surface area contributed by atoms with Crippen LogP contribution >= 0.6 is 11.3 Å². The molecule has 0 spiro atoms. The molecule has 2 fully saturated rings. The zero-order valence-electron chi connectivity index (χ0n) is 10.6. The number of hydrogen-bond acceptors (Lipinski definition) is 3. The molecule has 3 heterocycles. The fourth-order valence-corrected chi connectivity index (χ4v) is 3.93. The molecular weight excluding hydrogens is 244 g/mol. The summed E-state index contributed by atoms with van der Waals surface area (Å²) >= 11 is 1.79. The van der Waals surface area contributed by atoms with Crippen LogP contribution in [0.2, 0.25) is 0 Å². The summed E-state index contributed by atoms with van der Waals surface area (Å²) in [6.45, 7) is 3.05. The Balaban J connectivity index is 1.65. The second-order valence-corrected chi connectivity index (χ2v) is 6.31. The number of carbonyl (C=O) groups is 1. The summed E-state index contributed by atoms with van der Waals surface area (Å²) in [7, 11) is 0. The highest BCUT2D eigenvalue weighted by molar-refractivity contribution is 7.09. The number of piperidine rings is 2. The van der Waals surface area contributed by atoms with E-state index in [2.05, 4.69) is 27.7 Å². The first-order valence-electron chi connectivity index (χ1n) is 6.87. The largest absolute Gasteiger partial charge is 0.339 e. The Bertz CT molecular complexity index is 404. The predicted octanol–water partition coefficient (Wildman–Crippen LogP) is 1.89. The van der Waals surface area contributed by atoms with E-state index < -0.39 is 0 Å². The number of nitrogens with one attached hydrogen (secondary N) is 1. The fraction of sp³-hybridized carbons (Fsp3) is 0.643. The van der Waals surface area contributed by atoms with Gasteiger partial charge in [0.25, 0.3) is 0 Å². The lowest BCUT2D eigenvalue weighted by atomic mass is 9.84. The van der Waals surface area contributed by atoms with Crippen molar-refractivity contribution in [2.75, 3.05) is 19.6 Å². The Labute approximate surface area is 112 Å². The van der Waals surface area contributed by atoms with E-state index in [4.69, 9.17) is 0 Å². The molecule has 98 valence electrons. The lowest BCUT2D eigenvalue weighted by Gasteiger charge is -2.44. The van der Waals surface area contributed by atoms with Gasteiger partial charge in [0.2, 0.25) is 5.91 Å². The topological polar surface area (TPSA) is 32.3 Å². The van der Waals surface area contributed by atoms with E-state index in [9.17, 15) is 4.79 Å². The number of rotatable bonds is 3. The van der Waals surface area contributed by atoms with Gasteiger partial charge in [-0.2, -0.15) is 0 Å². The average molecular weight is 264 g/mol. The number of amides is 1. The molecule has 1 aromatic heterocycles. The van der Waals surface area contributed by atoms with E-state index in [1.165, 1.54) is 4.88 Å². The standard InChI is InChI=1S/C14H20N2OS/c17-14-4-3-11-10-15-7-5-13(11)16(14)8-6-12-2-1-9-18-12/h1-2,9,11,13,15H,3-8,10H2. The molecule has 3 rings (SSSR count). The number of thiophene rings is 1. The van der Waals surface area contributed by atoms with E-state index in [1.807, 2.05) is 0 Å². The molecule has 3 nitrogen and oxygen atoms in total. The Hall–Kier alpha value is -0.870. The van der Waals surface area contributed by atoms with E-state index >= 15 is 0 Å². The van der Waals surface area contributed by atoms with Gasteiger partial charge in [0, 0.05) is 23.9 Å². The molecule has 2 unspecified atom stereocenters. The van der Waals surface area contributed by atoms with Crippen molar-refractivity contribution in [2.24, 2.45) is 5.92 Å². The van der Waals surface area contributed by atoms with Gasteiger partial charge in [-0.15, -0.1) is 11.3 Å². The number of nitrogens with zero attached hydrogens (tertiary/aromatic N) is 1. The Morgan fingerprint density at radius 3 is 3.22 bits per heavy atom. The maximum Gasteiger partial charge on any atom is 0.222 e. The maximum absolute atomic E-state index is 12.1. The molecule has 4 heteroatoms. The van der Waals surface area contributed by atoms with E-state index in [-0.39, 0.29) is 0 Å². The first kappa shape index (κ1) is 12.2. The van der Waals surface area contributed by atoms with Gasteiger partial charge < -0.3 is 10.2 Å². The molecule has 2 saturated heterocycles. The third-order valence-electron chi connectivity index (χ3n) is 4.20. The summed E-state index contributed by atoms with van der Waals surface area (Å²) < 4.78 is 0. The first-order chi connectivity index (χ1) is 8.84. The lowest BCUT2D eigenvalue weighted by molar-refractivity contribution is -0.139. The van der Waals surface area contributed by atoms with E-state index in [1.54, 1.807) is 11.3 Å². The number of carbonyl (C=O) groups excluding carboxylic acids is 1. The Kier molecular flexibility index (Phi) is 3.66. The third-order valence-corrected chi connectivity index (χ3v) is 5.13. The molecule has 18 heavy (non-hydrogen) atoms. The van der Waals surface area contributed by atoms with Gasteiger partial charge in [0.1, 0.15) is 0 Å². The van der Waals surface area contributed by atoms with Gasteiger partial charge in [-0.3, -0.25) is 4.79 Å². The first-order valence-corrected chi connectivity index (χ1v) is 7.75. The van der Waals surface area contributed by atoms with Gasteiger partial charge in [0.05, 0.1) is 0 Å². The van der Waals surface area contributed by atoms with Crippen LogP contribution in [0.15, 0.2) is 17.5 Å². The summed E-state index contributed by atoms with van der Waals surface area (Å²) in [5.41, 5.74) is 0. The Morgan fingerprint density at radius 1 is 1.44 bits per heavy atom. The Morgan fingerprint density at radius 2 is 2.39 bits per heavy atom. The lowest BCUT2D eigenvalue weighted by Crippen LogP contribution is -2.55. The number of fused-ring (bicyclic) bond motifs is 1. The molecular formula is C14H20N2OS. The van der Waals surface area contributed by atoms with Crippen LogP contribution in [0.4, 0.5) is 0 Å². The van der Waals surface area contributed by atoms with E-state index in [0.717, 1.165) is 45.3 Å². The van der Waals surface area contributed by atoms with Crippen LogP contribution in [0.5, 0.6) is 0 Å². The van der Waals surface area contributed by atoms with Gasteiger partial charge in [-0.05, 0) is 49.7 Å². The fourth-order valence-electron chi connectivity index (χ4n) is 3.23. The zero-order valence-corrected chi connectivity index (χ0v) is 11.4. The van der Waals surface area contributed by atoms with Crippen LogP contribution in [0.3, 0.4) is 0 Å². The average Bonchev–Trinajstić information content (AvgIpc) is 2.91. The van der Waals surface area contributed by atoms with E-state index in [0.29, 0.717) is 17.9 Å². The zero-order chi connectivity index (χ0) is 12.4. The van der Waals surface area contributed by atoms with Crippen LogP contribution in [0, 0.1) is 5.92 Å². The molecule has 2 atom stereocenters. The minimum absolute atomic E-state index is 0.370. The number of hydrogen-bond donors (Lipinski definition) is 1. The minimum atomic E-state index is 0.370. The SMILES string of the molecule is O=C1CCC2CNCCC2N1CCc1cccs1. The molecule has 1 N–H and O–H groups in total. The summed E-state index contributed by atoms with van der Waals surface area (Å²) in [6, 6.07) is 4.75. The van der Waals surface area contributed by atoms with Crippen molar-refractivity contribution in [3.8, 4) is 0 Å². The van der Waals surface area contributed by atoms with Crippen molar-refractivity contribution < 1.29 is 4.79 Å². The molecule has 0 radical (unpaired) electrons. The molecule has 0 bridgehead atoms. The van der Waals surface area contributed by atoms with Gasteiger partial charge in [-0.1, -0.05) is 6.07 Å². The molecule has 1 aromatic rings. The van der Waals surface area contributed by atoms with Crippen LogP contribution in [0.25, 0.3) is 0 Å². The van der Waals surface area contributed by atoms with Crippen molar-refractivity contribution in [2.45, 2.75) is 31.7 Å². The van der Waals surface area contributed by atoms with Crippen LogP contribution in [-0.2, 0) is 11.2 Å². The van der Waals surface area contributed by atoms with Crippen molar-refractivity contribution in [3.05, 3.63) is 22.4 Å². The smallest absolute Gasteiger partial charge is 0.222 e. The molecule has 2 aliphatic rings. The summed E-state index contributed by atoms with van der Waals surface area (Å²) in [6.07, 6.45) is 3.96. The highest BCUT2D eigenvalue weighted by Crippen LogP contribution is 2.28. The molecule has 0 saturated carbocycles. The highest BCUT2D eigenvalue weighted by Gasteiger charge is 2.36. The summed E-state index contributed by atoms with van der Waals surface area (Å²) in [5.74, 6) is 1.05. The number of likely N-dealkylation sites (tertiary alicyclic amines) is 1. The monoisotopic (exact) mass is 264 g/mol. The third kappa shape index (κ3) is 2.45. The summed E-state index contributed by atoms with van der Waals surface area (Å²) in [4.78, 5) is 15.7. The van der Waals surface area contributed by atoms with Crippen LogP contribution in [-0.4, -0.2) is 36.5 Å². The quantitative estimate of drug-likeness (QED) is 0.904. The molecule has 2 aliphatic heterocycles. The summed E-state index contributed by atoms with van der Waals surface area (Å²) in [5, 5.41) is 5.56. The van der Waals surface area contributed by atoms with Gasteiger partial charge in [0.15, 0.2) is 0 Å².